The number of hydrogen-bond acceptors (Lipinski definition) is 10. The van der Waals surface area contributed by atoms with E-state index in [-0.39, 0.29) is 12.5 Å². The van der Waals surface area contributed by atoms with Gasteiger partial charge in [-0.1, -0.05) is 11.8 Å². The summed E-state index contributed by atoms with van der Waals surface area (Å²) in [7, 11) is 1.29. The van der Waals surface area contributed by atoms with Crippen molar-refractivity contribution in [2.24, 2.45) is 5.73 Å². The van der Waals surface area contributed by atoms with Crippen molar-refractivity contribution in [2.45, 2.75) is 17.0 Å². The number of benzene rings is 1. The Bertz CT molecular complexity index is 1330. The Morgan fingerprint density at radius 2 is 1.89 bits per heavy atom. The number of esters is 1. The number of pyridine rings is 1. The molecule has 13 heteroatoms. The van der Waals surface area contributed by atoms with Crippen LogP contribution >= 0.6 is 23.1 Å². The van der Waals surface area contributed by atoms with Crippen LogP contribution in [-0.4, -0.2) is 49.6 Å². The SMILES string of the molecule is COC(=O)c1ccc(NC(=O)Cn2nc(-c3ccncc3)nc2SC(C(N)=O)c2nccs2)cc1. The standard InChI is InChI=1S/C22H19N7O4S2/c1-33-21(32)14-2-4-15(5-3-14)26-16(30)12-29-22(27-19(28-29)13-6-8-24-9-7-13)35-17(18(23)31)20-25-10-11-34-20/h2-11,17H,12H2,1H3,(H2,23,31)(H,26,30). The maximum absolute atomic E-state index is 12.8. The molecule has 0 bridgehead atoms. The van der Waals surface area contributed by atoms with E-state index in [1.165, 1.54) is 23.1 Å². The Kier molecular flexibility index (Phi) is 7.48. The molecule has 2 amide bonds. The fourth-order valence-electron chi connectivity index (χ4n) is 2.98. The van der Waals surface area contributed by atoms with Crippen LogP contribution < -0.4 is 11.1 Å². The van der Waals surface area contributed by atoms with Gasteiger partial charge in [0.1, 0.15) is 16.8 Å². The Hall–Kier alpha value is -4.10. The molecule has 3 aromatic heterocycles. The zero-order valence-corrected chi connectivity index (χ0v) is 20.0. The third-order valence-electron chi connectivity index (χ3n) is 4.62. The Morgan fingerprint density at radius 1 is 1.14 bits per heavy atom. The summed E-state index contributed by atoms with van der Waals surface area (Å²) in [6.45, 7) is -0.178. The molecular weight excluding hydrogens is 490 g/mol. The average Bonchev–Trinajstić information content (AvgIpc) is 3.53. The number of ether oxygens (including phenoxy) is 1. The topological polar surface area (TPSA) is 155 Å². The summed E-state index contributed by atoms with van der Waals surface area (Å²) < 4.78 is 6.08. The molecule has 0 aliphatic heterocycles. The van der Waals surface area contributed by atoms with Gasteiger partial charge in [0.2, 0.25) is 11.8 Å². The van der Waals surface area contributed by atoms with E-state index in [1.807, 2.05) is 0 Å². The van der Waals surface area contributed by atoms with Gasteiger partial charge in [0.25, 0.3) is 0 Å². The summed E-state index contributed by atoms with van der Waals surface area (Å²) in [6, 6.07) is 9.76. The van der Waals surface area contributed by atoms with Crippen LogP contribution in [0.25, 0.3) is 11.4 Å². The molecule has 0 saturated carbocycles. The normalized spacial score (nSPS) is 11.6. The fourth-order valence-corrected chi connectivity index (χ4v) is 4.77. The molecule has 0 spiro atoms. The first-order chi connectivity index (χ1) is 16.9. The largest absolute Gasteiger partial charge is 0.465 e. The summed E-state index contributed by atoms with van der Waals surface area (Å²) in [5.41, 5.74) is 7.17. The second-order valence-corrected chi connectivity index (χ2v) is 9.00. The van der Waals surface area contributed by atoms with Crippen molar-refractivity contribution in [3.63, 3.8) is 0 Å². The number of nitrogens with two attached hydrogens (primary N) is 1. The van der Waals surface area contributed by atoms with Crippen LogP contribution in [0.3, 0.4) is 0 Å². The second-order valence-electron chi connectivity index (χ2n) is 7.00. The van der Waals surface area contributed by atoms with Crippen LogP contribution in [0.15, 0.2) is 65.5 Å². The molecule has 1 unspecified atom stereocenters. The number of nitrogens with zero attached hydrogens (tertiary/aromatic N) is 5. The number of rotatable bonds is 9. The van der Waals surface area contributed by atoms with Crippen molar-refractivity contribution in [3.05, 3.63) is 70.9 Å². The molecule has 3 heterocycles. The number of nitrogens with one attached hydrogen (secondary N) is 1. The van der Waals surface area contributed by atoms with Crippen molar-refractivity contribution in [2.75, 3.05) is 12.4 Å². The van der Waals surface area contributed by atoms with Crippen LogP contribution in [0.1, 0.15) is 20.6 Å². The molecule has 4 aromatic rings. The first kappa shape index (κ1) is 24.0. The number of thiazole rings is 1. The molecule has 0 radical (unpaired) electrons. The van der Waals surface area contributed by atoms with Crippen LogP contribution in [0.4, 0.5) is 5.69 Å². The van der Waals surface area contributed by atoms with E-state index in [0.29, 0.717) is 32.8 Å². The molecule has 1 atom stereocenters. The van der Waals surface area contributed by atoms with E-state index in [0.717, 1.165) is 11.8 Å². The smallest absolute Gasteiger partial charge is 0.337 e. The highest BCUT2D eigenvalue weighted by Crippen LogP contribution is 2.36. The number of anilines is 1. The summed E-state index contributed by atoms with van der Waals surface area (Å²) in [5, 5.41) is 9.03. The zero-order chi connectivity index (χ0) is 24.8. The molecular formula is C22H19N7O4S2. The number of amides is 2. The Morgan fingerprint density at radius 3 is 2.51 bits per heavy atom. The quantitative estimate of drug-likeness (QED) is 0.256. The van der Waals surface area contributed by atoms with Crippen LogP contribution in [0.5, 0.6) is 0 Å². The lowest BCUT2D eigenvalue weighted by atomic mass is 10.2. The van der Waals surface area contributed by atoms with Gasteiger partial charge in [-0.05, 0) is 36.4 Å². The van der Waals surface area contributed by atoms with Gasteiger partial charge in [-0.2, -0.15) is 0 Å². The fraction of sp³-hybridized carbons (Fsp3) is 0.136. The lowest BCUT2D eigenvalue weighted by molar-refractivity contribution is -0.118. The van der Waals surface area contributed by atoms with Gasteiger partial charge in [-0.15, -0.1) is 16.4 Å². The third kappa shape index (κ3) is 5.88. The number of methoxy groups -OCH3 is 1. The predicted molar refractivity (Wildman–Crippen MR) is 130 cm³/mol. The molecule has 0 aliphatic rings. The Balaban J connectivity index is 1.57. The minimum absolute atomic E-state index is 0.178. The molecule has 4 rings (SSSR count). The lowest BCUT2D eigenvalue weighted by Crippen LogP contribution is -2.22. The number of carbonyl (C=O) groups excluding carboxylic acids is 3. The van der Waals surface area contributed by atoms with E-state index in [2.05, 4.69) is 30.1 Å². The van der Waals surface area contributed by atoms with Crippen molar-refractivity contribution in [3.8, 4) is 11.4 Å². The molecule has 1 aromatic carbocycles. The molecule has 11 nitrogen and oxygen atoms in total. The average molecular weight is 510 g/mol. The number of primary amides is 1. The molecule has 0 fully saturated rings. The number of hydrogen-bond donors (Lipinski definition) is 2. The summed E-state index contributed by atoms with van der Waals surface area (Å²) in [6.07, 6.45) is 4.80. The zero-order valence-electron chi connectivity index (χ0n) is 18.3. The van der Waals surface area contributed by atoms with Crippen molar-refractivity contribution in [1.82, 2.24) is 24.7 Å². The van der Waals surface area contributed by atoms with Gasteiger partial charge in [0.15, 0.2) is 11.0 Å². The monoisotopic (exact) mass is 509 g/mol. The maximum atomic E-state index is 12.8. The van der Waals surface area contributed by atoms with E-state index < -0.39 is 17.1 Å². The van der Waals surface area contributed by atoms with Crippen molar-refractivity contribution >= 4 is 46.6 Å². The summed E-state index contributed by atoms with van der Waals surface area (Å²) >= 11 is 2.37. The van der Waals surface area contributed by atoms with Gasteiger partial charge in [0, 0.05) is 35.2 Å². The van der Waals surface area contributed by atoms with Gasteiger partial charge in [0.05, 0.1) is 12.7 Å². The highest BCUT2D eigenvalue weighted by molar-refractivity contribution is 8.00. The summed E-state index contributed by atoms with van der Waals surface area (Å²) in [4.78, 5) is 49.2. The van der Waals surface area contributed by atoms with Crippen molar-refractivity contribution in [1.29, 1.82) is 0 Å². The van der Waals surface area contributed by atoms with E-state index in [1.54, 1.807) is 60.4 Å². The first-order valence-corrected chi connectivity index (χ1v) is 11.9. The molecule has 0 aliphatic carbocycles. The number of aromatic nitrogens is 5. The van der Waals surface area contributed by atoms with E-state index in [4.69, 9.17) is 5.73 Å². The second kappa shape index (κ2) is 10.9. The minimum atomic E-state index is -0.794. The lowest BCUT2D eigenvalue weighted by Gasteiger charge is -2.11. The maximum Gasteiger partial charge on any atom is 0.337 e. The van der Waals surface area contributed by atoms with Crippen molar-refractivity contribution < 1.29 is 19.1 Å². The third-order valence-corrected chi connectivity index (χ3v) is 6.81. The van der Waals surface area contributed by atoms with Gasteiger partial charge in [-0.25, -0.2) is 19.4 Å². The molecule has 35 heavy (non-hydrogen) atoms. The highest BCUT2D eigenvalue weighted by Gasteiger charge is 2.26. The molecule has 178 valence electrons. The van der Waals surface area contributed by atoms with Gasteiger partial charge >= 0.3 is 5.97 Å². The molecule has 3 N–H and O–H groups in total. The van der Waals surface area contributed by atoms with Crippen LogP contribution in [0, 0.1) is 0 Å². The number of carbonyl (C=O) groups is 3. The first-order valence-electron chi connectivity index (χ1n) is 10.1. The van der Waals surface area contributed by atoms with Crippen LogP contribution in [-0.2, 0) is 20.9 Å². The van der Waals surface area contributed by atoms with Crippen LogP contribution in [0.2, 0.25) is 0 Å². The predicted octanol–water partition coefficient (Wildman–Crippen LogP) is 2.54. The summed E-state index contributed by atoms with van der Waals surface area (Å²) in [5.74, 6) is -1.07. The number of thioether (sulfide) groups is 1. The van der Waals surface area contributed by atoms with E-state index >= 15 is 0 Å². The van der Waals surface area contributed by atoms with Gasteiger partial charge in [-0.3, -0.25) is 14.6 Å². The highest BCUT2D eigenvalue weighted by atomic mass is 32.2. The molecule has 0 saturated heterocycles. The van der Waals surface area contributed by atoms with E-state index in [9.17, 15) is 14.4 Å². The van der Waals surface area contributed by atoms with Gasteiger partial charge < -0.3 is 15.8 Å². The minimum Gasteiger partial charge on any atom is -0.465 e. The Labute approximate surface area is 207 Å².